The molecule has 41 heavy (non-hydrogen) atoms. The molecule has 0 fully saturated rings. The standard InChI is InChI=1S/C26H29N7O8/c1-5-33(26(38)40-13-39-25(37)16(4)34)24(36)18-11-28-21(15(18)3)22(29-12-27)30-19-10-17(7-6-14(19)2)23(35)31-20-8-9-41-32-20/h6-12,16,28,34H,5,13H2,1-4H3,(H2,27,29,30)(H,31,32,35)/p+1. The number of anilines is 1. The summed E-state index contributed by atoms with van der Waals surface area (Å²) in [5.74, 6) is -1.60. The van der Waals surface area contributed by atoms with E-state index in [0.717, 1.165) is 16.8 Å². The molecule has 0 aliphatic rings. The summed E-state index contributed by atoms with van der Waals surface area (Å²) in [6.45, 7) is 5.40. The number of aliphatic imine (C=N–C) groups is 1. The fraction of sp³-hybridized carbons (Fsp3) is 0.269. The number of aliphatic hydroxyl groups is 1. The zero-order valence-electron chi connectivity index (χ0n) is 22.8. The average molecular weight is 569 g/mol. The summed E-state index contributed by atoms with van der Waals surface area (Å²) in [6, 6.07) is 6.43. The molecular weight excluding hydrogens is 538 g/mol. The first-order valence-electron chi connectivity index (χ1n) is 12.3. The van der Waals surface area contributed by atoms with Gasteiger partial charge in [0.2, 0.25) is 6.79 Å². The Labute approximate surface area is 234 Å². The lowest BCUT2D eigenvalue weighted by Gasteiger charge is -2.18. The number of aromatic amines is 1. The predicted molar refractivity (Wildman–Crippen MR) is 144 cm³/mol. The lowest BCUT2D eigenvalue weighted by molar-refractivity contribution is -0.309. The number of nitrogens with one attached hydrogen (secondary N) is 3. The number of imide groups is 1. The molecule has 0 saturated heterocycles. The summed E-state index contributed by atoms with van der Waals surface area (Å²) in [7, 11) is 0. The summed E-state index contributed by atoms with van der Waals surface area (Å²) >= 11 is 0. The van der Waals surface area contributed by atoms with Gasteiger partial charge in [-0.25, -0.2) is 19.5 Å². The van der Waals surface area contributed by atoms with Crippen molar-refractivity contribution in [1.82, 2.24) is 15.0 Å². The van der Waals surface area contributed by atoms with Gasteiger partial charge in [-0.2, -0.15) is 0 Å². The number of ether oxygens (including phenoxy) is 2. The van der Waals surface area contributed by atoms with E-state index in [2.05, 4.69) is 30.2 Å². The van der Waals surface area contributed by atoms with Crippen molar-refractivity contribution in [2.75, 3.05) is 18.7 Å². The molecule has 0 aliphatic heterocycles. The number of amides is 3. The van der Waals surface area contributed by atoms with Crippen molar-refractivity contribution in [1.29, 1.82) is 0 Å². The molecule has 2 heterocycles. The van der Waals surface area contributed by atoms with Gasteiger partial charge in [0.25, 0.3) is 17.6 Å². The van der Waals surface area contributed by atoms with Gasteiger partial charge in [0.15, 0.2) is 12.2 Å². The van der Waals surface area contributed by atoms with Gasteiger partial charge in [-0.3, -0.25) is 9.59 Å². The van der Waals surface area contributed by atoms with E-state index in [4.69, 9.17) is 20.1 Å². The van der Waals surface area contributed by atoms with Crippen molar-refractivity contribution in [2.45, 2.75) is 33.8 Å². The summed E-state index contributed by atoms with van der Waals surface area (Å²) in [4.78, 5) is 60.9. The second kappa shape index (κ2) is 13.7. The van der Waals surface area contributed by atoms with Crippen molar-refractivity contribution >= 4 is 47.6 Å². The van der Waals surface area contributed by atoms with Crippen LogP contribution in [0.2, 0.25) is 0 Å². The topological polar surface area (TPSA) is 216 Å². The maximum absolute atomic E-state index is 13.2. The van der Waals surface area contributed by atoms with Crippen LogP contribution in [0.3, 0.4) is 0 Å². The number of esters is 1. The van der Waals surface area contributed by atoms with Crippen LogP contribution in [-0.4, -0.2) is 75.6 Å². The molecule has 6 N–H and O–H groups in total. The normalized spacial score (nSPS) is 12.2. The van der Waals surface area contributed by atoms with Gasteiger partial charge >= 0.3 is 12.1 Å². The van der Waals surface area contributed by atoms with Gasteiger partial charge in [-0.05, 0) is 51.0 Å². The van der Waals surface area contributed by atoms with E-state index in [-0.39, 0.29) is 23.8 Å². The highest BCUT2D eigenvalue weighted by atomic mass is 16.7. The number of hydrogen-bond donors (Lipinski definition) is 5. The summed E-state index contributed by atoms with van der Waals surface area (Å²) < 4.78 is 14.2. The molecule has 1 unspecified atom stereocenters. The number of nitrogens with two attached hydrogens (primary N) is 1. The lowest BCUT2D eigenvalue weighted by Crippen LogP contribution is -2.75. The van der Waals surface area contributed by atoms with Gasteiger partial charge in [0.05, 0.1) is 5.56 Å². The number of amidine groups is 1. The second-order valence-electron chi connectivity index (χ2n) is 8.53. The predicted octanol–water partition coefficient (Wildman–Crippen LogP) is 0.498. The number of nitrogens with zero attached hydrogens (tertiary/aromatic N) is 3. The van der Waals surface area contributed by atoms with Crippen LogP contribution < -0.4 is 16.0 Å². The smallest absolute Gasteiger partial charge is 0.419 e. The minimum Gasteiger partial charge on any atom is -0.426 e. The van der Waals surface area contributed by atoms with E-state index >= 15 is 0 Å². The number of benzene rings is 1. The number of aromatic nitrogens is 2. The summed E-state index contributed by atoms with van der Waals surface area (Å²) in [5.41, 5.74) is 8.09. The van der Waals surface area contributed by atoms with Crippen molar-refractivity contribution in [3.8, 4) is 0 Å². The molecule has 0 radical (unpaired) electrons. The zero-order chi connectivity index (χ0) is 30.1. The summed E-state index contributed by atoms with van der Waals surface area (Å²) in [6.07, 6.45) is 1.45. The Morgan fingerprint density at radius 1 is 1.27 bits per heavy atom. The van der Waals surface area contributed by atoms with E-state index in [0.29, 0.717) is 22.5 Å². The van der Waals surface area contributed by atoms with E-state index in [1.54, 1.807) is 32.0 Å². The van der Waals surface area contributed by atoms with E-state index in [1.165, 1.54) is 25.5 Å². The fourth-order valence-corrected chi connectivity index (χ4v) is 3.50. The summed E-state index contributed by atoms with van der Waals surface area (Å²) in [5, 5.41) is 15.4. The molecular formula is C26H30N7O8+. The largest absolute Gasteiger partial charge is 0.426 e. The molecule has 3 rings (SSSR count). The van der Waals surface area contributed by atoms with E-state index < -0.39 is 36.8 Å². The van der Waals surface area contributed by atoms with Gasteiger partial charge in [-0.15, -0.1) is 4.99 Å². The Bertz CT molecular complexity index is 1470. The first-order valence-corrected chi connectivity index (χ1v) is 12.3. The first-order chi connectivity index (χ1) is 19.6. The fourth-order valence-electron chi connectivity index (χ4n) is 3.50. The third-order valence-electron chi connectivity index (χ3n) is 5.72. The number of aliphatic hydroxyl groups excluding tert-OH is 1. The van der Waals surface area contributed by atoms with Gasteiger partial charge < -0.3 is 35.1 Å². The van der Waals surface area contributed by atoms with Crippen LogP contribution in [0.1, 0.15) is 51.4 Å². The third kappa shape index (κ3) is 7.42. The molecule has 2 aromatic heterocycles. The molecule has 1 aromatic carbocycles. The molecule has 216 valence electrons. The van der Waals surface area contributed by atoms with Crippen molar-refractivity contribution in [3.63, 3.8) is 0 Å². The Morgan fingerprint density at radius 3 is 2.66 bits per heavy atom. The van der Waals surface area contributed by atoms with Gasteiger partial charge in [0.1, 0.15) is 23.7 Å². The maximum Gasteiger partial charge on any atom is 0.419 e. The SMILES string of the molecule is CCN(C(=O)OCOC(=O)C(C)O)C(=O)c1c[nH]c(C(=Nc2cc(C(=O)Nc3ccon3)ccc2C)[NH+]=CN)c1C. The molecule has 3 amide bonds. The van der Waals surface area contributed by atoms with Crippen LogP contribution in [0.15, 0.2) is 46.2 Å². The van der Waals surface area contributed by atoms with E-state index in [1.807, 2.05) is 6.92 Å². The number of rotatable bonds is 9. The highest BCUT2D eigenvalue weighted by molar-refractivity contribution is 6.07. The minimum atomic E-state index is -1.39. The van der Waals surface area contributed by atoms with Crippen LogP contribution in [0, 0.1) is 13.8 Å². The second-order valence-corrected chi connectivity index (χ2v) is 8.53. The van der Waals surface area contributed by atoms with Crippen LogP contribution in [0.5, 0.6) is 0 Å². The highest BCUT2D eigenvalue weighted by Gasteiger charge is 2.28. The Morgan fingerprint density at radius 2 is 2.02 bits per heavy atom. The maximum atomic E-state index is 13.2. The molecule has 0 bridgehead atoms. The van der Waals surface area contributed by atoms with Crippen LogP contribution in [-0.2, 0) is 14.3 Å². The highest BCUT2D eigenvalue weighted by Crippen LogP contribution is 2.23. The Balaban J connectivity index is 1.86. The number of H-pyrrole nitrogens is 1. The molecule has 0 saturated carbocycles. The number of carbonyl (C=O) groups is 4. The zero-order valence-corrected chi connectivity index (χ0v) is 22.8. The molecule has 15 nitrogen and oxygen atoms in total. The van der Waals surface area contributed by atoms with Gasteiger partial charge in [-0.1, -0.05) is 11.2 Å². The average Bonchev–Trinajstić information content (AvgIpc) is 3.59. The van der Waals surface area contributed by atoms with Crippen LogP contribution in [0.25, 0.3) is 0 Å². The Kier molecular flexibility index (Phi) is 10.1. The molecule has 1 atom stereocenters. The minimum absolute atomic E-state index is 0.0415. The van der Waals surface area contributed by atoms with Crippen molar-refractivity contribution in [3.05, 3.63) is 64.7 Å². The number of hydrogen-bond acceptors (Lipinski definition) is 10. The molecule has 0 aliphatic carbocycles. The third-order valence-corrected chi connectivity index (χ3v) is 5.72. The van der Waals surface area contributed by atoms with Crippen LogP contribution >= 0.6 is 0 Å². The van der Waals surface area contributed by atoms with Gasteiger partial charge in [0, 0.05) is 24.4 Å². The number of carbonyl (C=O) groups excluding carboxylic acids is 4. The van der Waals surface area contributed by atoms with Crippen LogP contribution in [0.4, 0.5) is 16.3 Å². The molecule has 15 heteroatoms. The Hall–Kier alpha value is -5.31. The quantitative estimate of drug-likeness (QED) is 0.104. The monoisotopic (exact) mass is 568 g/mol. The molecule has 3 aromatic rings. The van der Waals surface area contributed by atoms with Crippen molar-refractivity contribution < 1.29 is 43.3 Å². The van der Waals surface area contributed by atoms with E-state index in [9.17, 15) is 19.2 Å². The van der Waals surface area contributed by atoms with Crippen molar-refractivity contribution in [2.24, 2.45) is 10.7 Å². The number of aryl methyl sites for hydroxylation is 1. The lowest BCUT2D eigenvalue weighted by atomic mass is 10.1. The first kappa shape index (κ1) is 30.2. The molecule has 0 spiro atoms.